The van der Waals surface area contributed by atoms with Crippen molar-refractivity contribution in [3.63, 3.8) is 0 Å². The molecule has 0 bridgehead atoms. The lowest BCUT2D eigenvalue weighted by Crippen LogP contribution is -2.14. The van der Waals surface area contributed by atoms with Crippen LogP contribution in [0.25, 0.3) is 0 Å². The lowest BCUT2D eigenvalue weighted by atomic mass is 10.2. The largest absolute Gasteiger partial charge is 0.493 e. The van der Waals surface area contributed by atoms with E-state index in [9.17, 15) is 4.79 Å². The van der Waals surface area contributed by atoms with Crippen molar-refractivity contribution >= 4 is 22.9 Å². The van der Waals surface area contributed by atoms with Gasteiger partial charge in [0.1, 0.15) is 5.69 Å². The van der Waals surface area contributed by atoms with E-state index in [2.05, 4.69) is 10.3 Å². The molecule has 0 spiro atoms. The first-order valence-corrected chi connectivity index (χ1v) is 7.77. The highest BCUT2D eigenvalue weighted by atomic mass is 32.1. The molecule has 2 aromatic rings. The standard InChI is InChI=1S/C15H19N3O4S/c1-20-11-5-4-9(13(21-2)14(11)22-3)18-15(19)10-8-23-12(17-10)6-7-16/h4-5,8H,6-7,16H2,1-3H3,(H,18,19). The van der Waals surface area contributed by atoms with Gasteiger partial charge in [0.05, 0.1) is 32.0 Å². The number of rotatable bonds is 7. The number of hydrogen-bond acceptors (Lipinski definition) is 7. The molecule has 7 nitrogen and oxygen atoms in total. The van der Waals surface area contributed by atoms with E-state index in [0.717, 1.165) is 5.01 Å². The molecule has 23 heavy (non-hydrogen) atoms. The van der Waals surface area contributed by atoms with Crippen LogP contribution in [0.2, 0.25) is 0 Å². The zero-order valence-corrected chi connectivity index (χ0v) is 14.0. The highest BCUT2D eigenvalue weighted by Crippen LogP contribution is 2.42. The van der Waals surface area contributed by atoms with Crippen molar-refractivity contribution < 1.29 is 19.0 Å². The van der Waals surface area contributed by atoms with Crippen molar-refractivity contribution in [2.75, 3.05) is 33.2 Å². The number of nitrogens with one attached hydrogen (secondary N) is 1. The summed E-state index contributed by atoms with van der Waals surface area (Å²) in [7, 11) is 4.53. The van der Waals surface area contributed by atoms with Gasteiger partial charge in [-0.3, -0.25) is 4.79 Å². The third kappa shape index (κ3) is 3.72. The summed E-state index contributed by atoms with van der Waals surface area (Å²) in [5.74, 6) is 0.990. The third-order valence-electron chi connectivity index (χ3n) is 3.09. The number of amides is 1. The van der Waals surface area contributed by atoms with Gasteiger partial charge in [-0.15, -0.1) is 11.3 Å². The molecule has 3 N–H and O–H groups in total. The highest BCUT2D eigenvalue weighted by molar-refractivity contribution is 7.09. The van der Waals surface area contributed by atoms with E-state index in [4.69, 9.17) is 19.9 Å². The first-order chi connectivity index (χ1) is 11.1. The minimum Gasteiger partial charge on any atom is -0.493 e. The Labute approximate surface area is 138 Å². The number of benzene rings is 1. The molecule has 0 aliphatic heterocycles. The molecule has 8 heteroatoms. The molecule has 1 aromatic carbocycles. The Bertz CT molecular complexity index is 687. The van der Waals surface area contributed by atoms with Crippen LogP contribution in [-0.4, -0.2) is 38.8 Å². The molecule has 0 aliphatic carbocycles. The average Bonchev–Trinajstić information content (AvgIpc) is 3.03. The zero-order chi connectivity index (χ0) is 16.8. The molecular formula is C15H19N3O4S. The molecule has 1 amide bonds. The number of aromatic nitrogens is 1. The quantitative estimate of drug-likeness (QED) is 0.801. The van der Waals surface area contributed by atoms with E-state index in [1.807, 2.05) is 0 Å². The smallest absolute Gasteiger partial charge is 0.275 e. The van der Waals surface area contributed by atoms with Gasteiger partial charge in [-0.2, -0.15) is 0 Å². The minimum absolute atomic E-state index is 0.324. The van der Waals surface area contributed by atoms with E-state index in [1.165, 1.54) is 32.7 Å². The maximum Gasteiger partial charge on any atom is 0.275 e. The van der Waals surface area contributed by atoms with Crippen molar-refractivity contribution in [3.8, 4) is 17.2 Å². The van der Waals surface area contributed by atoms with E-state index < -0.39 is 0 Å². The summed E-state index contributed by atoms with van der Waals surface area (Å²) in [4.78, 5) is 16.6. The Balaban J connectivity index is 2.26. The Morgan fingerprint density at radius 3 is 2.57 bits per heavy atom. The highest BCUT2D eigenvalue weighted by Gasteiger charge is 2.19. The zero-order valence-electron chi connectivity index (χ0n) is 13.2. The molecule has 1 heterocycles. The summed E-state index contributed by atoms with van der Waals surface area (Å²) < 4.78 is 15.8. The van der Waals surface area contributed by atoms with Gasteiger partial charge in [0.15, 0.2) is 11.5 Å². The van der Waals surface area contributed by atoms with Crippen molar-refractivity contribution in [2.45, 2.75) is 6.42 Å². The fourth-order valence-electron chi connectivity index (χ4n) is 2.04. The van der Waals surface area contributed by atoms with Crippen LogP contribution in [0.3, 0.4) is 0 Å². The second-order valence-electron chi connectivity index (χ2n) is 4.50. The topological polar surface area (TPSA) is 95.7 Å². The van der Waals surface area contributed by atoms with Crippen molar-refractivity contribution in [1.29, 1.82) is 0 Å². The molecule has 0 saturated carbocycles. The van der Waals surface area contributed by atoms with Crippen molar-refractivity contribution in [2.24, 2.45) is 5.73 Å². The van der Waals surface area contributed by atoms with E-state index in [0.29, 0.717) is 41.6 Å². The Morgan fingerprint density at radius 2 is 1.96 bits per heavy atom. The van der Waals surface area contributed by atoms with Gasteiger partial charge in [-0.1, -0.05) is 0 Å². The molecular weight excluding hydrogens is 318 g/mol. The van der Waals surface area contributed by atoms with Crippen LogP contribution in [0.15, 0.2) is 17.5 Å². The molecule has 0 aliphatic rings. The van der Waals surface area contributed by atoms with Gasteiger partial charge in [0.2, 0.25) is 5.75 Å². The SMILES string of the molecule is COc1ccc(NC(=O)c2csc(CCN)n2)c(OC)c1OC. The first kappa shape index (κ1) is 17.0. The fraction of sp³-hybridized carbons (Fsp3) is 0.333. The second-order valence-corrected chi connectivity index (χ2v) is 5.44. The van der Waals surface area contributed by atoms with Gasteiger partial charge in [-0.05, 0) is 18.7 Å². The van der Waals surface area contributed by atoms with Crippen LogP contribution >= 0.6 is 11.3 Å². The number of methoxy groups -OCH3 is 3. The number of carbonyl (C=O) groups is 1. The normalized spacial score (nSPS) is 10.3. The molecule has 1 aromatic heterocycles. The number of hydrogen-bond donors (Lipinski definition) is 2. The molecule has 0 unspecified atom stereocenters. The Morgan fingerprint density at radius 1 is 1.22 bits per heavy atom. The van der Waals surface area contributed by atoms with Gasteiger partial charge < -0.3 is 25.3 Å². The number of nitrogens with zero attached hydrogens (tertiary/aromatic N) is 1. The third-order valence-corrected chi connectivity index (χ3v) is 4.00. The number of thiazole rings is 1. The van der Waals surface area contributed by atoms with Crippen molar-refractivity contribution in [1.82, 2.24) is 4.98 Å². The van der Waals surface area contributed by atoms with Crippen LogP contribution < -0.4 is 25.3 Å². The summed E-state index contributed by atoms with van der Waals surface area (Å²) in [6.45, 7) is 0.498. The van der Waals surface area contributed by atoms with Gasteiger partial charge in [-0.25, -0.2) is 4.98 Å². The lowest BCUT2D eigenvalue weighted by Gasteiger charge is -2.15. The average molecular weight is 337 g/mol. The second kappa shape index (κ2) is 7.80. The van der Waals surface area contributed by atoms with Crippen LogP contribution in [0, 0.1) is 0 Å². The van der Waals surface area contributed by atoms with Crippen LogP contribution in [0.4, 0.5) is 5.69 Å². The lowest BCUT2D eigenvalue weighted by molar-refractivity contribution is 0.102. The summed E-state index contributed by atoms with van der Waals surface area (Å²) in [6.07, 6.45) is 0.650. The summed E-state index contributed by atoms with van der Waals surface area (Å²) in [6, 6.07) is 3.38. The number of nitrogens with two attached hydrogens (primary N) is 1. The van der Waals surface area contributed by atoms with Gasteiger partial charge in [0, 0.05) is 11.8 Å². The maximum absolute atomic E-state index is 12.3. The van der Waals surface area contributed by atoms with Gasteiger partial charge in [0.25, 0.3) is 5.91 Å². The molecule has 0 fully saturated rings. The molecule has 0 atom stereocenters. The Hall–Kier alpha value is -2.32. The predicted molar refractivity (Wildman–Crippen MR) is 88.9 cm³/mol. The Kier molecular flexibility index (Phi) is 5.78. The van der Waals surface area contributed by atoms with E-state index >= 15 is 0 Å². The molecule has 0 saturated heterocycles. The summed E-state index contributed by atoms with van der Waals surface area (Å²) in [5.41, 5.74) is 6.31. The first-order valence-electron chi connectivity index (χ1n) is 6.89. The van der Waals surface area contributed by atoms with E-state index in [1.54, 1.807) is 17.5 Å². The number of ether oxygens (including phenoxy) is 3. The van der Waals surface area contributed by atoms with E-state index in [-0.39, 0.29) is 5.91 Å². The summed E-state index contributed by atoms with van der Waals surface area (Å²) in [5, 5.41) is 5.31. The fourth-order valence-corrected chi connectivity index (χ4v) is 2.83. The number of carbonyl (C=O) groups excluding carboxylic acids is 1. The van der Waals surface area contributed by atoms with Crippen LogP contribution in [0.5, 0.6) is 17.2 Å². The molecule has 2 rings (SSSR count). The number of anilines is 1. The van der Waals surface area contributed by atoms with Crippen LogP contribution in [0.1, 0.15) is 15.5 Å². The monoisotopic (exact) mass is 337 g/mol. The maximum atomic E-state index is 12.3. The summed E-state index contributed by atoms with van der Waals surface area (Å²) >= 11 is 1.41. The molecule has 124 valence electrons. The van der Waals surface area contributed by atoms with Gasteiger partial charge >= 0.3 is 0 Å². The predicted octanol–water partition coefficient (Wildman–Crippen LogP) is 1.92. The molecule has 0 radical (unpaired) electrons. The van der Waals surface area contributed by atoms with Crippen molar-refractivity contribution in [3.05, 3.63) is 28.2 Å². The minimum atomic E-state index is -0.324. The van der Waals surface area contributed by atoms with Crippen LogP contribution in [-0.2, 0) is 6.42 Å².